The van der Waals surface area contributed by atoms with E-state index in [1.165, 1.54) is 6.92 Å². The van der Waals surface area contributed by atoms with Gasteiger partial charge < -0.3 is 0 Å². The average Bonchev–Trinajstić information content (AvgIpc) is 2.38. The molecule has 0 amide bonds. The topological polar surface area (TPSA) is 34.1 Å². The number of rotatable bonds is 3. The van der Waals surface area contributed by atoms with E-state index >= 15 is 0 Å². The highest BCUT2D eigenvalue weighted by atomic mass is 16.1. The number of hydrogen-bond donors (Lipinski definition) is 0. The summed E-state index contributed by atoms with van der Waals surface area (Å²) < 4.78 is 0. The van der Waals surface area contributed by atoms with Crippen LogP contribution in [-0.4, -0.2) is 11.6 Å². The maximum atomic E-state index is 12.2. The van der Waals surface area contributed by atoms with Crippen molar-refractivity contribution in [2.24, 2.45) is 0 Å². The molecule has 90 valence electrons. The van der Waals surface area contributed by atoms with E-state index in [2.05, 4.69) is 0 Å². The molecule has 0 atom stereocenters. The minimum absolute atomic E-state index is 0.00422. The van der Waals surface area contributed by atoms with Crippen molar-refractivity contribution in [3.05, 3.63) is 70.8 Å². The molecule has 2 aromatic rings. The third kappa shape index (κ3) is 2.54. The predicted octanol–water partition coefficient (Wildman–Crippen LogP) is 3.43. The third-order valence-electron chi connectivity index (χ3n) is 2.83. The fraction of sp³-hybridized carbons (Fsp3) is 0.125. The second-order valence-electron chi connectivity index (χ2n) is 4.33. The number of benzene rings is 2. The van der Waals surface area contributed by atoms with Gasteiger partial charge in [0.25, 0.3) is 0 Å². The van der Waals surface area contributed by atoms with E-state index in [0.29, 0.717) is 16.7 Å². The van der Waals surface area contributed by atoms with E-state index in [0.717, 1.165) is 5.56 Å². The normalized spacial score (nSPS) is 10.1. The molecule has 0 fully saturated rings. The lowest BCUT2D eigenvalue weighted by atomic mass is 10.00. The number of ketones is 2. The summed E-state index contributed by atoms with van der Waals surface area (Å²) in [5.41, 5.74) is 2.95. The molecular weight excluding hydrogens is 224 g/mol. The van der Waals surface area contributed by atoms with Crippen LogP contribution in [-0.2, 0) is 0 Å². The number of carbonyl (C=O) groups excluding carboxylic acids is 2. The van der Waals surface area contributed by atoms with Gasteiger partial charge >= 0.3 is 0 Å². The van der Waals surface area contributed by atoms with Gasteiger partial charge in [-0.1, -0.05) is 48.0 Å². The zero-order chi connectivity index (χ0) is 13.1. The van der Waals surface area contributed by atoms with E-state index < -0.39 is 0 Å². The van der Waals surface area contributed by atoms with Crippen LogP contribution in [0.1, 0.15) is 38.8 Å². The lowest BCUT2D eigenvalue weighted by Crippen LogP contribution is -2.02. The fourth-order valence-corrected chi connectivity index (χ4v) is 1.81. The van der Waals surface area contributed by atoms with Crippen molar-refractivity contribution in [3.8, 4) is 0 Å². The largest absolute Gasteiger partial charge is 0.295 e. The molecule has 0 saturated heterocycles. The molecule has 0 saturated carbocycles. The third-order valence-corrected chi connectivity index (χ3v) is 2.83. The van der Waals surface area contributed by atoms with Crippen LogP contribution in [0.2, 0.25) is 0 Å². The average molecular weight is 238 g/mol. The number of Topliss-reactive ketones (excluding diaryl/α,β-unsaturated/α-hetero) is 1. The first-order valence-electron chi connectivity index (χ1n) is 5.80. The minimum atomic E-state index is -0.0196. The van der Waals surface area contributed by atoms with Gasteiger partial charge in [0.1, 0.15) is 0 Å². The van der Waals surface area contributed by atoms with Crippen LogP contribution < -0.4 is 0 Å². The molecule has 2 heteroatoms. The monoisotopic (exact) mass is 238 g/mol. The van der Waals surface area contributed by atoms with Crippen molar-refractivity contribution in [2.75, 3.05) is 0 Å². The van der Waals surface area contributed by atoms with E-state index in [4.69, 9.17) is 0 Å². The maximum absolute atomic E-state index is 12.2. The highest BCUT2D eigenvalue weighted by Crippen LogP contribution is 2.12. The second kappa shape index (κ2) is 4.96. The second-order valence-corrected chi connectivity index (χ2v) is 4.33. The fourth-order valence-electron chi connectivity index (χ4n) is 1.81. The molecule has 2 nitrogen and oxygen atoms in total. The maximum Gasteiger partial charge on any atom is 0.193 e. The zero-order valence-corrected chi connectivity index (χ0v) is 10.4. The number of hydrogen-bond acceptors (Lipinski definition) is 2. The van der Waals surface area contributed by atoms with Gasteiger partial charge in [-0.25, -0.2) is 0 Å². The molecular formula is C16H14O2. The molecule has 0 aliphatic heterocycles. The number of aryl methyl sites for hydroxylation is 1. The molecule has 0 unspecified atom stereocenters. The molecule has 0 radical (unpaired) electrons. The quantitative estimate of drug-likeness (QED) is 0.768. The van der Waals surface area contributed by atoms with Crippen molar-refractivity contribution in [1.29, 1.82) is 0 Å². The van der Waals surface area contributed by atoms with Gasteiger partial charge in [0, 0.05) is 16.7 Å². The van der Waals surface area contributed by atoms with Gasteiger partial charge in [0.15, 0.2) is 11.6 Å². The molecule has 0 heterocycles. The van der Waals surface area contributed by atoms with E-state index in [9.17, 15) is 9.59 Å². The Bertz CT molecular complexity index is 595. The summed E-state index contributed by atoms with van der Waals surface area (Å²) in [7, 11) is 0. The summed E-state index contributed by atoms with van der Waals surface area (Å²) in [6, 6.07) is 14.2. The van der Waals surface area contributed by atoms with Crippen LogP contribution >= 0.6 is 0 Å². The Morgan fingerprint density at radius 3 is 2.00 bits per heavy atom. The van der Waals surface area contributed by atoms with Gasteiger partial charge in [-0.05, 0) is 19.9 Å². The summed E-state index contributed by atoms with van der Waals surface area (Å²) in [5, 5.41) is 0. The Morgan fingerprint density at radius 2 is 1.44 bits per heavy atom. The Kier molecular flexibility index (Phi) is 3.38. The van der Waals surface area contributed by atoms with Gasteiger partial charge in [0.05, 0.1) is 0 Å². The molecule has 0 N–H and O–H groups in total. The van der Waals surface area contributed by atoms with Crippen LogP contribution in [0.3, 0.4) is 0 Å². The van der Waals surface area contributed by atoms with Crippen LogP contribution in [0.25, 0.3) is 0 Å². The van der Waals surface area contributed by atoms with Crippen molar-refractivity contribution in [3.63, 3.8) is 0 Å². The number of carbonyl (C=O) groups is 2. The smallest absolute Gasteiger partial charge is 0.193 e. The highest BCUT2D eigenvalue weighted by molar-refractivity contribution is 6.09. The van der Waals surface area contributed by atoms with E-state index in [1.54, 1.807) is 30.3 Å². The van der Waals surface area contributed by atoms with Crippen LogP contribution in [0.15, 0.2) is 48.5 Å². The molecule has 0 aliphatic rings. The predicted molar refractivity (Wildman–Crippen MR) is 71.1 cm³/mol. The zero-order valence-electron chi connectivity index (χ0n) is 10.4. The van der Waals surface area contributed by atoms with Gasteiger partial charge in [0.2, 0.25) is 0 Å². The van der Waals surface area contributed by atoms with Gasteiger partial charge in [-0.15, -0.1) is 0 Å². The summed E-state index contributed by atoms with van der Waals surface area (Å²) in [4.78, 5) is 23.4. The molecule has 0 aromatic heterocycles. The van der Waals surface area contributed by atoms with E-state index in [1.807, 2.05) is 25.1 Å². The highest BCUT2D eigenvalue weighted by Gasteiger charge is 2.09. The first-order chi connectivity index (χ1) is 8.58. The molecule has 2 rings (SSSR count). The van der Waals surface area contributed by atoms with Crippen molar-refractivity contribution in [2.45, 2.75) is 13.8 Å². The minimum Gasteiger partial charge on any atom is -0.295 e. The van der Waals surface area contributed by atoms with Crippen molar-refractivity contribution < 1.29 is 9.59 Å². The van der Waals surface area contributed by atoms with Crippen LogP contribution in [0.5, 0.6) is 0 Å². The van der Waals surface area contributed by atoms with Crippen LogP contribution in [0.4, 0.5) is 0 Å². The standard InChI is InChI=1S/C16H14O2/c1-11-4-3-5-15(10-11)16(18)14-8-6-13(7-9-14)12(2)17/h3-10H,1-2H3. The van der Waals surface area contributed by atoms with E-state index in [-0.39, 0.29) is 11.6 Å². The Labute approximate surface area is 106 Å². The lowest BCUT2D eigenvalue weighted by molar-refractivity contribution is 0.101. The van der Waals surface area contributed by atoms with Gasteiger partial charge in [-0.2, -0.15) is 0 Å². The molecule has 18 heavy (non-hydrogen) atoms. The van der Waals surface area contributed by atoms with Crippen molar-refractivity contribution in [1.82, 2.24) is 0 Å². The summed E-state index contributed by atoms with van der Waals surface area (Å²) in [5.74, 6) is -0.0154. The SMILES string of the molecule is CC(=O)c1ccc(C(=O)c2cccc(C)c2)cc1. The van der Waals surface area contributed by atoms with Gasteiger partial charge in [-0.3, -0.25) is 9.59 Å². The molecule has 2 aromatic carbocycles. The van der Waals surface area contributed by atoms with Crippen LogP contribution in [0, 0.1) is 6.92 Å². The molecule has 0 aliphatic carbocycles. The lowest BCUT2D eigenvalue weighted by Gasteiger charge is -2.03. The molecule has 0 bridgehead atoms. The Balaban J connectivity index is 2.32. The summed E-state index contributed by atoms with van der Waals surface area (Å²) >= 11 is 0. The summed E-state index contributed by atoms with van der Waals surface area (Å²) in [6.07, 6.45) is 0. The summed E-state index contributed by atoms with van der Waals surface area (Å²) in [6.45, 7) is 3.47. The Hall–Kier alpha value is -2.22. The first-order valence-corrected chi connectivity index (χ1v) is 5.80. The van der Waals surface area contributed by atoms with Crippen molar-refractivity contribution >= 4 is 11.6 Å². The first kappa shape index (κ1) is 12.2. The molecule has 0 spiro atoms. The Morgan fingerprint density at radius 1 is 0.833 bits per heavy atom.